The zero-order valence-corrected chi connectivity index (χ0v) is 23.9. The predicted octanol–water partition coefficient (Wildman–Crippen LogP) is 6.24. The summed E-state index contributed by atoms with van der Waals surface area (Å²) >= 11 is 0. The maximum atomic E-state index is 13.1. The van der Waals surface area contributed by atoms with Gasteiger partial charge in [0.2, 0.25) is 0 Å². The van der Waals surface area contributed by atoms with Gasteiger partial charge in [-0.1, -0.05) is 26.6 Å². The molecule has 5 rings (SSSR count). The molecule has 0 saturated heterocycles. The Kier molecular flexibility index (Phi) is 6.52. The van der Waals surface area contributed by atoms with Crippen LogP contribution in [-0.2, 0) is 21.4 Å². The molecule has 0 radical (unpaired) electrons. The first kappa shape index (κ1) is 25.7. The lowest BCUT2D eigenvalue weighted by Crippen LogP contribution is -2.37. The van der Waals surface area contributed by atoms with Gasteiger partial charge < -0.3 is 9.47 Å². The Morgan fingerprint density at radius 1 is 0.973 bits per heavy atom. The molecule has 192 valence electrons. The number of methoxy groups -OCH3 is 2. The van der Waals surface area contributed by atoms with Gasteiger partial charge in [0.05, 0.1) is 26.2 Å². The fourth-order valence-corrected chi connectivity index (χ4v) is 7.44. The molecule has 0 atom stereocenters. The second-order valence-corrected chi connectivity index (χ2v) is 12.8. The third kappa shape index (κ3) is 4.30. The molecule has 2 heterocycles. The molecule has 4 aromatic rings. The van der Waals surface area contributed by atoms with Gasteiger partial charge in [0.15, 0.2) is 11.3 Å². The summed E-state index contributed by atoms with van der Waals surface area (Å²) in [6, 6.07) is 14.2. The Hall–Kier alpha value is -2.97. The number of benzene rings is 2. The van der Waals surface area contributed by atoms with Crippen LogP contribution in [0.15, 0.2) is 53.6 Å². The van der Waals surface area contributed by atoms with Gasteiger partial charge >= 0.3 is 5.95 Å². The van der Waals surface area contributed by atoms with Gasteiger partial charge in [-0.15, -0.1) is 0 Å². The normalized spacial score (nSPS) is 15.7. The van der Waals surface area contributed by atoms with Crippen molar-refractivity contribution in [3.05, 3.63) is 71.0 Å². The Bertz CT molecular complexity index is 1450. The van der Waals surface area contributed by atoms with Gasteiger partial charge in [-0.2, -0.15) is 0 Å². The molecule has 0 amide bonds. The fraction of sp³-hybridized carbons (Fsp3) is 0.345. The fourth-order valence-electron chi connectivity index (χ4n) is 5.28. The number of Topliss-reactive ketones (excluding diaryl/α,β-unsaturated/α-hetero) is 1. The van der Waals surface area contributed by atoms with Gasteiger partial charge in [0.25, 0.3) is 0 Å². The molecule has 1 aliphatic rings. The third-order valence-corrected chi connectivity index (χ3v) is 9.68. The van der Waals surface area contributed by atoms with E-state index >= 15 is 0 Å². The summed E-state index contributed by atoms with van der Waals surface area (Å²) in [6.07, 6.45) is 2.00. The van der Waals surface area contributed by atoms with Gasteiger partial charge in [-0.25, -0.2) is 9.55 Å². The summed E-state index contributed by atoms with van der Waals surface area (Å²) in [5, 5.41) is 0. The van der Waals surface area contributed by atoms with Crippen LogP contribution in [0, 0.1) is 6.92 Å². The van der Waals surface area contributed by atoms with Gasteiger partial charge in [-0.3, -0.25) is 4.79 Å². The van der Waals surface area contributed by atoms with Gasteiger partial charge in [0, 0.05) is 27.4 Å². The summed E-state index contributed by atoms with van der Waals surface area (Å²) in [5.41, 5.74) is 5.05. The zero-order valence-electron chi connectivity index (χ0n) is 22.3. The molecule has 0 unspecified atom stereocenters. The van der Waals surface area contributed by atoms with Crippen LogP contribution in [0.2, 0.25) is 0 Å². The van der Waals surface area contributed by atoms with Crippen molar-refractivity contribution < 1.29 is 18.8 Å². The lowest BCUT2D eigenvalue weighted by molar-refractivity contribution is -0.610. The highest BCUT2D eigenvalue weighted by atomic mass is 33.1. The number of hydrogen-bond donors (Lipinski definition) is 1. The Labute approximate surface area is 225 Å². The molecule has 37 heavy (non-hydrogen) atoms. The van der Waals surface area contributed by atoms with Crippen LogP contribution in [0.3, 0.4) is 0 Å². The van der Waals surface area contributed by atoms with E-state index in [2.05, 4.69) is 40.7 Å². The Morgan fingerprint density at radius 3 is 2.30 bits per heavy atom. The topological polar surface area (TPSA) is 68.1 Å². The second-order valence-electron chi connectivity index (χ2n) is 10.4. The number of carbonyl (C=O) groups is 1. The van der Waals surface area contributed by atoms with Crippen LogP contribution in [0.4, 0.5) is 0 Å². The number of H-pyrrole nitrogens is 1. The highest BCUT2D eigenvalue weighted by Gasteiger charge is 2.50. The van der Waals surface area contributed by atoms with Crippen molar-refractivity contribution in [3.8, 4) is 17.4 Å². The van der Waals surface area contributed by atoms with E-state index in [0.717, 1.165) is 61.5 Å². The molecule has 0 fully saturated rings. The number of nitrogens with one attached hydrogen (secondary N) is 1. The molecule has 1 N–H and O–H groups in total. The summed E-state index contributed by atoms with van der Waals surface area (Å²) in [4.78, 5) is 22.8. The number of imidazole rings is 1. The van der Waals surface area contributed by atoms with E-state index < -0.39 is 10.8 Å². The third-order valence-electron chi connectivity index (χ3n) is 7.42. The zero-order chi connectivity index (χ0) is 26.5. The number of nitrogens with zero attached hydrogens (tertiary/aromatic N) is 2. The Morgan fingerprint density at radius 2 is 1.65 bits per heavy atom. The second kappa shape index (κ2) is 9.40. The lowest BCUT2D eigenvalue weighted by Gasteiger charge is -2.21. The summed E-state index contributed by atoms with van der Waals surface area (Å²) in [5.74, 6) is 3.44. The maximum Gasteiger partial charge on any atom is 0.402 e. The first-order valence-corrected chi connectivity index (χ1v) is 14.5. The van der Waals surface area contributed by atoms with E-state index in [9.17, 15) is 4.79 Å². The monoisotopic (exact) mass is 534 g/mol. The van der Waals surface area contributed by atoms with Crippen LogP contribution in [0.5, 0.6) is 11.5 Å². The van der Waals surface area contributed by atoms with Crippen molar-refractivity contribution in [2.75, 3.05) is 14.2 Å². The molecular weight excluding hydrogens is 502 g/mol. The van der Waals surface area contributed by atoms with E-state index in [-0.39, 0.29) is 5.78 Å². The SMILES string of the molecule is COc1ccc(SSCc2c(C)c(OC)cc[n+]2-c2nc3cc4c(cc3[nH]2)C(C)(C)C(=O)C4(C)C)cc1. The number of hydrogen-bond acceptors (Lipinski definition) is 6. The largest absolute Gasteiger partial charge is 0.497 e. The molecule has 6 nitrogen and oxygen atoms in total. The van der Waals surface area contributed by atoms with Gasteiger partial charge in [0.1, 0.15) is 22.7 Å². The minimum atomic E-state index is -0.531. The average Bonchev–Trinajstić information content (AvgIpc) is 3.36. The molecule has 0 spiro atoms. The number of aromatic nitrogens is 3. The quantitative estimate of drug-likeness (QED) is 0.224. The predicted molar refractivity (Wildman–Crippen MR) is 150 cm³/mol. The van der Waals surface area contributed by atoms with E-state index in [1.54, 1.807) is 35.8 Å². The van der Waals surface area contributed by atoms with Crippen LogP contribution in [0.25, 0.3) is 17.0 Å². The van der Waals surface area contributed by atoms with Crippen LogP contribution < -0.4 is 14.0 Å². The molecule has 0 saturated carbocycles. The molecule has 8 heteroatoms. The van der Waals surface area contributed by atoms with E-state index in [4.69, 9.17) is 14.5 Å². The number of fused-ring (bicyclic) bond motifs is 2. The van der Waals surface area contributed by atoms with Gasteiger partial charge in [-0.05, 0) is 82.1 Å². The number of carbonyl (C=O) groups excluding carboxylic acids is 1. The number of aromatic amines is 1. The van der Waals surface area contributed by atoms with Crippen molar-refractivity contribution in [2.24, 2.45) is 0 Å². The summed E-state index contributed by atoms with van der Waals surface area (Å²) < 4.78 is 13.0. The van der Waals surface area contributed by atoms with Crippen molar-refractivity contribution >= 4 is 38.4 Å². The molecule has 1 aliphatic carbocycles. The van der Waals surface area contributed by atoms with Crippen molar-refractivity contribution in [3.63, 3.8) is 0 Å². The average molecular weight is 535 g/mol. The molecule has 0 aliphatic heterocycles. The molecular formula is C29H32N3O3S2+. The minimum absolute atomic E-state index is 0.247. The first-order chi connectivity index (χ1) is 17.6. The van der Waals surface area contributed by atoms with Crippen LogP contribution >= 0.6 is 21.6 Å². The standard InChI is InChI=1S/C29H32N3O3S2/c1-17-24(16-36-37-19-10-8-18(34-6)9-11-19)32(13-12-25(17)35-7)27-30-22-14-20-21(15-23(22)31-27)29(4,5)26(33)28(20,2)3/h8-15H,16H2,1-7H3,(H,30,31)/q+1. The Balaban J connectivity index is 1.51. The van der Waals surface area contributed by atoms with E-state index in [1.807, 2.05) is 52.1 Å². The number of ether oxygens (including phenoxy) is 2. The van der Waals surface area contributed by atoms with E-state index in [0.29, 0.717) is 0 Å². The summed E-state index contributed by atoms with van der Waals surface area (Å²) in [7, 11) is 6.86. The lowest BCUT2D eigenvalue weighted by atomic mass is 9.80. The summed E-state index contributed by atoms with van der Waals surface area (Å²) in [6.45, 7) is 10.1. The van der Waals surface area contributed by atoms with Crippen molar-refractivity contribution in [2.45, 2.75) is 56.1 Å². The van der Waals surface area contributed by atoms with E-state index in [1.165, 1.54) is 0 Å². The minimum Gasteiger partial charge on any atom is -0.497 e. The van der Waals surface area contributed by atoms with Crippen LogP contribution in [0.1, 0.15) is 50.1 Å². The van der Waals surface area contributed by atoms with Crippen molar-refractivity contribution in [1.82, 2.24) is 9.97 Å². The number of pyridine rings is 1. The molecule has 2 aromatic heterocycles. The highest BCUT2D eigenvalue weighted by molar-refractivity contribution is 8.76. The molecule has 2 aromatic carbocycles. The smallest absolute Gasteiger partial charge is 0.402 e. The van der Waals surface area contributed by atoms with Crippen molar-refractivity contribution in [1.29, 1.82) is 0 Å². The number of rotatable bonds is 7. The van der Waals surface area contributed by atoms with Crippen LogP contribution in [-0.4, -0.2) is 30.0 Å². The number of ketones is 1. The first-order valence-electron chi connectivity index (χ1n) is 12.2. The maximum absolute atomic E-state index is 13.1. The highest BCUT2D eigenvalue weighted by Crippen LogP contribution is 2.47. The molecule has 0 bridgehead atoms.